The minimum absolute atomic E-state index is 0.260. The first-order valence-electron chi connectivity index (χ1n) is 5.19. The molecule has 0 radical (unpaired) electrons. The van der Waals surface area contributed by atoms with Crippen molar-refractivity contribution in [1.82, 2.24) is 0 Å². The lowest BCUT2D eigenvalue weighted by molar-refractivity contribution is 0.100. The maximum atomic E-state index is 13.0. The van der Waals surface area contributed by atoms with Crippen LogP contribution >= 0.6 is 0 Å². The summed E-state index contributed by atoms with van der Waals surface area (Å²) in [6.45, 7) is 0. The molecule has 0 unspecified atom stereocenters. The topological polar surface area (TPSA) is 78.3 Å². The van der Waals surface area contributed by atoms with Gasteiger partial charge in [0.05, 0.1) is 5.69 Å². The van der Waals surface area contributed by atoms with Gasteiger partial charge in [-0.15, -0.1) is 0 Å². The van der Waals surface area contributed by atoms with E-state index in [9.17, 15) is 9.18 Å². The van der Waals surface area contributed by atoms with Gasteiger partial charge in [-0.05, 0) is 30.3 Å². The van der Waals surface area contributed by atoms with Crippen molar-refractivity contribution in [3.8, 4) is 11.5 Å². The number of hydrogen-bond acceptors (Lipinski definition) is 3. The predicted octanol–water partition coefficient (Wildman–Crippen LogP) is 2.30. The summed E-state index contributed by atoms with van der Waals surface area (Å²) in [6, 6.07) is 10.1. The number of benzene rings is 2. The van der Waals surface area contributed by atoms with E-state index in [1.165, 1.54) is 36.4 Å². The van der Waals surface area contributed by atoms with Crippen LogP contribution in [0.15, 0.2) is 42.5 Å². The number of amides is 1. The standard InChI is InChI=1S/C13H11FN2O2/c14-9-2-1-3-10(7-9)18-12-5-4-8(13(16)17)6-11(12)15/h1-7H,15H2,(H2,16,17). The van der Waals surface area contributed by atoms with Crippen molar-refractivity contribution in [1.29, 1.82) is 0 Å². The Hall–Kier alpha value is -2.56. The predicted molar refractivity (Wildman–Crippen MR) is 65.8 cm³/mol. The van der Waals surface area contributed by atoms with Crippen LogP contribution in [-0.2, 0) is 0 Å². The van der Waals surface area contributed by atoms with Gasteiger partial charge in [0.2, 0.25) is 5.91 Å². The number of hydrogen-bond donors (Lipinski definition) is 2. The molecule has 0 saturated carbocycles. The quantitative estimate of drug-likeness (QED) is 0.815. The molecule has 0 heterocycles. The van der Waals surface area contributed by atoms with Crippen molar-refractivity contribution in [3.05, 3.63) is 53.8 Å². The van der Waals surface area contributed by atoms with Gasteiger partial charge in [-0.3, -0.25) is 4.79 Å². The van der Waals surface area contributed by atoms with Gasteiger partial charge in [0.1, 0.15) is 17.3 Å². The third-order valence-electron chi connectivity index (χ3n) is 2.32. The molecular weight excluding hydrogens is 235 g/mol. The van der Waals surface area contributed by atoms with Crippen LogP contribution in [0.5, 0.6) is 11.5 Å². The first kappa shape index (κ1) is 11.9. The molecule has 0 bridgehead atoms. The van der Waals surface area contributed by atoms with Crippen LogP contribution in [-0.4, -0.2) is 5.91 Å². The number of primary amides is 1. The van der Waals surface area contributed by atoms with Crippen molar-refractivity contribution >= 4 is 11.6 Å². The Morgan fingerprint density at radius 1 is 1.17 bits per heavy atom. The van der Waals surface area contributed by atoms with E-state index in [1.54, 1.807) is 6.07 Å². The zero-order chi connectivity index (χ0) is 13.1. The molecule has 2 rings (SSSR count). The molecule has 92 valence electrons. The van der Waals surface area contributed by atoms with Crippen molar-refractivity contribution < 1.29 is 13.9 Å². The highest BCUT2D eigenvalue weighted by Gasteiger charge is 2.07. The summed E-state index contributed by atoms with van der Waals surface area (Å²) in [7, 11) is 0. The second kappa shape index (κ2) is 4.75. The number of carbonyl (C=O) groups excluding carboxylic acids is 1. The maximum absolute atomic E-state index is 13.0. The van der Waals surface area contributed by atoms with Crippen LogP contribution in [0.25, 0.3) is 0 Å². The summed E-state index contributed by atoms with van der Waals surface area (Å²) in [6.07, 6.45) is 0. The fourth-order valence-corrected chi connectivity index (χ4v) is 1.45. The Kier molecular flexibility index (Phi) is 3.14. The molecule has 1 amide bonds. The van der Waals surface area contributed by atoms with E-state index in [-0.39, 0.29) is 5.69 Å². The highest BCUT2D eigenvalue weighted by Crippen LogP contribution is 2.28. The molecule has 0 fully saturated rings. The SMILES string of the molecule is NC(=O)c1ccc(Oc2cccc(F)c2)c(N)c1. The van der Waals surface area contributed by atoms with Gasteiger partial charge in [-0.2, -0.15) is 0 Å². The average Bonchev–Trinajstić information content (AvgIpc) is 2.31. The highest BCUT2D eigenvalue weighted by atomic mass is 19.1. The molecule has 0 aromatic heterocycles. The van der Waals surface area contributed by atoms with Crippen LogP contribution in [0, 0.1) is 5.82 Å². The summed E-state index contributed by atoms with van der Waals surface area (Å²) >= 11 is 0. The van der Waals surface area contributed by atoms with Gasteiger partial charge in [-0.25, -0.2) is 4.39 Å². The summed E-state index contributed by atoms with van der Waals surface area (Å²) < 4.78 is 18.4. The van der Waals surface area contributed by atoms with E-state index in [4.69, 9.17) is 16.2 Å². The van der Waals surface area contributed by atoms with Crippen LogP contribution in [0.4, 0.5) is 10.1 Å². The lowest BCUT2D eigenvalue weighted by atomic mass is 10.2. The third-order valence-corrected chi connectivity index (χ3v) is 2.32. The fraction of sp³-hybridized carbons (Fsp3) is 0. The molecule has 4 nitrogen and oxygen atoms in total. The Morgan fingerprint density at radius 3 is 2.56 bits per heavy atom. The second-order valence-corrected chi connectivity index (χ2v) is 3.68. The minimum atomic E-state index is -0.570. The highest BCUT2D eigenvalue weighted by molar-refractivity contribution is 5.94. The monoisotopic (exact) mass is 246 g/mol. The summed E-state index contributed by atoms with van der Waals surface area (Å²) in [5.74, 6) is -0.307. The summed E-state index contributed by atoms with van der Waals surface area (Å²) in [5, 5.41) is 0. The van der Waals surface area contributed by atoms with Crippen molar-refractivity contribution in [3.63, 3.8) is 0 Å². The molecular formula is C13H11FN2O2. The van der Waals surface area contributed by atoms with Crippen LogP contribution in [0.1, 0.15) is 10.4 Å². The molecule has 2 aromatic carbocycles. The van der Waals surface area contributed by atoms with Gasteiger partial charge in [0.15, 0.2) is 0 Å². The first-order valence-corrected chi connectivity index (χ1v) is 5.19. The zero-order valence-electron chi connectivity index (χ0n) is 9.39. The van der Waals surface area contributed by atoms with Gasteiger partial charge in [0, 0.05) is 11.6 Å². The normalized spacial score (nSPS) is 10.1. The summed E-state index contributed by atoms with van der Waals surface area (Å²) in [5.41, 5.74) is 11.4. The number of nitrogen functional groups attached to an aromatic ring is 1. The summed E-state index contributed by atoms with van der Waals surface area (Å²) in [4.78, 5) is 10.9. The second-order valence-electron chi connectivity index (χ2n) is 3.68. The maximum Gasteiger partial charge on any atom is 0.248 e. The van der Waals surface area contributed by atoms with Crippen LogP contribution < -0.4 is 16.2 Å². The molecule has 0 aliphatic carbocycles. The number of ether oxygens (including phenoxy) is 1. The van der Waals surface area contributed by atoms with Gasteiger partial charge >= 0.3 is 0 Å². The number of carbonyl (C=O) groups is 1. The van der Waals surface area contributed by atoms with Crippen LogP contribution in [0.2, 0.25) is 0 Å². The molecule has 2 aromatic rings. The lowest BCUT2D eigenvalue weighted by Gasteiger charge is -2.09. The molecule has 0 spiro atoms. The Balaban J connectivity index is 2.27. The molecule has 4 N–H and O–H groups in total. The molecule has 0 atom stereocenters. The molecule has 18 heavy (non-hydrogen) atoms. The Bertz CT molecular complexity index is 599. The number of halogens is 1. The number of rotatable bonds is 3. The zero-order valence-corrected chi connectivity index (χ0v) is 9.39. The van der Waals surface area contributed by atoms with Gasteiger partial charge < -0.3 is 16.2 Å². The first-order chi connectivity index (χ1) is 8.56. The minimum Gasteiger partial charge on any atom is -0.455 e. The molecule has 5 heteroatoms. The van der Waals surface area contributed by atoms with Crippen LogP contribution in [0.3, 0.4) is 0 Å². The Morgan fingerprint density at radius 2 is 1.94 bits per heavy atom. The van der Waals surface area contributed by atoms with E-state index < -0.39 is 11.7 Å². The van der Waals surface area contributed by atoms with Crippen molar-refractivity contribution in [2.75, 3.05) is 5.73 Å². The van der Waals surface area contributed by atoms with E-state index in [0.29, 0.717) is 17.1 Å². The fourth-order valence-electron chi connectivity index (χ4n) is 1.45. The third kappa shape index (κ3) is 2.57. The van der Waals surface area contributed by atoms with E-state index in [2.05, 4.69) is 0 Å². The van der Waals surface area contributed by atoms with Gasteiger partial charge in [0.25, 0.3) is 0 Å². The van der Waals surface area contributed by atoms with Crippen molar-refractivity contribution in [2.24, 2.45) is 5.73 Å². The molecule has 0 aliphatic heterocycles. The number of nitrogens with two attached hydrogens (primary N) is 2. The number of anilines is 1. The van der Waals surface area contributed by atoms with Gasteiger partial charge in [-0.1, -0.05) is 6.07 Å². The molecule has 0 saturated heterocycles. The van der Waals surface area contributed by atoms with E-state index >= 15 is 0 Å². The average molecular weight is 246 g/mol. The van der Waals surface area contributed by atoms with Crippen molar-refractivity contribution in [2.45, 2.75) is 0 Å². The lowest BCUT2D eigenvalue weighted by Crippen LogP contribution is -2.11. The van der Waals surface area contributed by atoms with E-state index in [1.807, 2.05) is 0 Å². The molecule has 0 aliphatic rings. The largest absolute Gasteiger partial charge is 0.455 e. The Labute approximate surface area is 103 Å². The van der Waals surface area contributed by atoms with E-state index in [0.717, 1.165) is 0 Å². The smallest absolute Gasteiger partial charge is 0.248 e.